The Labute approximate surface area is 171 Å². The van der Waals surface area contributed by atoms with Crippen molar-refractivity contribution in [2.75, 3.05) is 17.7 Å². The van der Waals surface area contributed by atoms with Crippen LogP contribution in [-0.2, 0) is 0 Å². The summed E-state index contributed by atoms with van der Waals surface area (Å²) in [7, 11) is 1.56. The number of H-pyrrole nitrogens is 1. The van der Waals surface area contributed by atoms with Gasteiger partial charge in [0.05, 0.1) is 18.7 Å². The van der Waals surface area contributed by atoms with Crippen molar-refractivity contribution < 1.29 is 14.3 Å². The van der Waals surface area contributed by atoms with Crippen molar-refractivity contribution in [1.29, 1.82) is 0 Å². The van der Waals surface area contributed by atoms with Crippen molar-refractivity contribution in [3.05, 3.63) is 64.3 Å². The maximum atomic E-state index is 11.3. The van der Waals surface area contributed by atoms with Gasteiger partial charge in [-0.3, -0.25) is 4.98 Å². The number of aryl methyl sites for hydroxylation is 1. The summed E-state index contributed by atoms with van der Waals surface area (Å²) in [6.45, 7) is 3.58. The van der Waals surface area contributed by atoms with Gasteiger partial charge < -0.3 is 24.9 Å². The van der Waals surface area contributed by atoms with E-state index in [9.17, 15) is 9.90 Å². The van der Waals surface area contributed by atoms with Crippen LogP contribution in [-0.4, -0.2) is 27.2 Å². The molecule has 0 radical (unpaired) electrons. The Balaban J connectivity index is 1.59. The average Bonchev–Trinajstić information content (AvgIpc) is 3.09. The van der Waals surface area contributed by atoms with Gasteiger partial charge in [-0.2, -0.15) is 4.98 Å². The third kappa shape index (κ3) is 3.96. The minimum Gasteiger partial charge on any atom is -0.496 e. The number of aromatic amines is 1. The number of methoxy groups -OCH3 is 1. The topological polar surface area (TPSA) is 125 Å². The van der Waals surface area contributed by atoms with Crippen LogP contribution in [0.1, 0.15) is 24.2 Å². The summed E-state index contributed by atoms with van der Waals surface area (Å²) < 4.78 is 10.4. The van der Waals surface area contributed by atoms with Crippen LogP contribution in [0.3, 0.4) is 0 Å². The smallest absolute Gasteiger partial charge is 0.417 e. The molecule has 0 aliphatic heterocycles. The largest absolute Gasteiger partial charge is 0.496 e. The number of anilines is 4. The molecule has 9 nitrogen and oxygen atoms in total. The van der Waals surface area contributed by atoms with Gasteiger partial charge in [0, 0.05) is 34.8 Å². The number of rotatable bonds is 6. The number of aliphatic hydroxyl groups excluding tert-OH is 1. The zero-order valence-corrected chi connectivity index (χ0v) is 16.7. The molecule has 4 N–H and O–H groups in total. The predicted molar refractivity (Wildman–Crippen MR) is 114 cm³/mol. The average molecular weight is 407 g/mol. The molecule has 0 bridgehead atoms. The number of nitrogens with one attached hydrogen (secondary N) is 3. The molecule has 1 atom stereocenters. The quantitative estimate of drug-likeness (QED) is 0.381. The van der Waals surface area contributed by atoms with Crippen LogP contribution in [0.5, 0.6) is 5.75 Å². The Morgan fingerprint density at radius 2 is 1.93 bits per heavy atom. The van der Waals surface area contributed by atoms with Crippen LogP contribution in [0.15, 0.2) is 51.8 Å². The van der Waals surface area contributed by atoms with Crippen LogP contribution in [0.2, 0.25) is 0 Å². The Bertz CT molecular complexity index is 1260. The van der Waals surface area contributed by atoms with Gasteiger partial charge in [0.2, 0.25) is 5.95 Å². The Kier molecular flexibility index (Phi) is 5.11. The lowest BCUT2D eigenvalue weighted by Gasteiger charge is -2.14. The van der Waals surface area contributed by atoms with Crippen LogP contribution in [0, 0.1) is 6.92 Å². The van der Waals surface area contributed by atoms with Gasteiger partial charge in [-0.15, -0.1) is 0 Å². The van der Waals surface area contributed by atoms with Crippen LogP contribution in [0.4, 0.5) is 23.1 Å². The van der Waals surface area contributed by atoms with E-state index in [0.29, 0.717) is 34.2 Å². The van der Waals surface area contributed by atoms with Gasteiger partial charge >= 0.3 is 5.76 Å². The summed E-state index contributed by atoms with van der Waals surface area (Å²) in [4.78, 5) is 22.8. The van der Waals surface area contributed by atoms with E-state index in [1.165, 1.54) is 0 Å². The summed E-state index contributed by atoms with van der Waals surface area (Å²) >= 11 is 0. The van der Waals surface area contributed by atoms with E-state index < -0.39 is 11.9 Å². The second-order valence-electron chi connectivity index (χ2n) is 6.83. The lowest BCUT2D eigenvalue weighted by Crippen LogP contribution is -2.03. The fraction of sp³-hybridized carbons (Fsp3) is 0.190. The van der Waals surface area contributed by atoms with Gasteiger partial charge in [0.1, 0.15) is 11.6 Å². The lowest BCUT2D eigenvalue weighted by atomic mass is 10.1. The van der Waals surface area contributed by atoms with Gasteiger partial charge in [0.15, 0.2) is 5.58 Å². The molecule has 0 aliphatic rings. The van der Waals surface area contributed by atoms with Crippen molar-refractivity contribution in [3.8, 4) is 5.75 Å². The van der Waals surface area contributed by atoms with Gasteiger partial charge in [0.25, 0.3) is 0 Å². The number of hydrogen-bond acceptors (Lipinski definition) is 8. The number of aliphatic hydroxyl groups is 1. The number of nitrogens with zero attached hydrogens (tertiary/aromatic N) is 2. The second-order valence-corrected chi connectivity index (χ2v) is 6.83. The zero-order chi connectivity index (χ0) is 21.3. The van der Waals surface area contributed by atoms with Crippen molar-refractivity contribution in [2.24, 2.45) is 0 Å². The minimum absolute atomic E-state index is 0.396. The molecule has 4 rings (SSSR count). The van der Waals surface area contributed by atoms with E-state index in [1.54, 1.807) is 50.6 Å². The molecule has 0 fully saturated rings. The molecule has 0 saturated carbocycles. The first-order chi connectivity index (χ1) is 14.4. The highest BCUT2D eigenvalue weighted by molar-refractivity contribution is 5.78. The minimum atomic E-state index is -0.636. The molecule has 4 aromatic rings. The first-order valence-electron chi connectivity index (χ1n) is 9.29. The number of oxazole rings is 1. The van der Waals surface area contributed by atoms with E-state index in [4.69, 9.17) is 9.15 Å². The highest BCUT2D eigenvalue weighted by atomic mass is 16.5. The molecule has 9 heteroatoms. The Morgan fingerprint density at radius 3 is 2.70 bits per heavy atom. The number of hydrogen-bond donors (Lipinski definition) is 4. The molecule has 2 aromatic carbocycles. The van der Waals surface area contributed by atoms with Crippen LogP contribution in [0.25, 0.3) is 11.1 Å². The maximum Gasteiger partial charge on any atom is 0.417 e. The van der Waals surface area contributed by atoms with Crippen molar-refractivity contribution in [3.63, 3.8) is 0 Å². The molecule has 2 heterocycles. The number of fused-ring (bicyclic) bond motifs is 1. The highest BCUT2D eigenvalue weighted by Gasteiger charge is 2.11. The molecular formula is C21H21N5O4. The van der Waals surface area contributed by atoms with E-state index in [0.717, 1.165) is 16.9 Å². The molecule has 30 heavy (non-hydrogen) atoms. The van der Waals surface area contributed by atoms with Crippen molar-refractivity contribution in [2.45, 2.75) is 20.0 Å². The molecule has 0 amide bonds. The first-order valence-corrected chi connectivity index (χ1v) is 9.29. The number of benzene rings is 2. The predicted octanol–water partition coefficient (Wildman–Crippen LogP) is 3.77. The van der Waals surface area contributed by atoms with Gasteiger partial charge in [-0.25, -0.2) is 9.78 Å². The van der Waals surface area contributed by atoms with Crippen molar-refractivity contribution in [1.82, 2.24) is 15.0 Å². The van der Waals surface area contributed by atoms with E-state index >= 15 is 0 Å². The number of ether oxygens (including phenoxy) is 1. The molecule has 0 aliphatic carbocycles. The summed E-state index contributed by atoms with van der Waals surface area (Å²) in [6.07, 6.45) is 1.07. The second kappa shape index (κ2) is 7.88. The molecule has 154 valence electrons. The van der Waals surface area contributed by atoms with Gasteiger partial charge in [-0.05, 0) is 38.1 Å². The third-order valence-corrected chi connectivity index (χ3v) is 4.59. The maximum absolute atomic E-state index is 11.3. The van der Waals surface area contributed by atoms with E-state index in [1.807, 2.05) is 13.0 Å². The monoisotopic (exact) mass is 407 g/mol. The third-order valence-electron chi connectivity index (χ3n) is 4.59. The van der Waals surface area contributed by atoms with Gasteiger partial charge in [-0.1, -0.05) is 6.07 Å². The zero-order valence-electron chi connectivity index (χ0n) is 16.7. The summed E-state index contributed by atoms with van der Waals surface area (Å²) in [6, 6.07) is 10.7. The molecule has 0 saturated heterocycles. The molecular weight excluding hydrogens is 386 g/mol. The normalized spacial score (nSPS) is 12.0. The molecule has 2 aromatic heterocycles. The molecule has 1 unspecified atom stereocenters. The highest BCUT2D eigenvalue weighted by Crippen LogP contribution is 2.29. The standard InChI is InChI=1S/C21H21N5O4/c1-11-10-22-20(24-14-4-6-15(12(2)27)18(9-14)29-3)26-19(11)23-13-5-7-17-16(8-13)25-21(28)30-17/h4-10,12,27H,1-3H3,(H,25,28)(H2,22,23,24,26). The fourth-order valence-electron chi connectivity index (χ4n) is 3.06. The Hall–Kier alpha value is -3.85. The van der Waals surface area contributed by atoms with E-state index in [-0.39, 0.29) is 0 Å². The van der Waals surface area contributed by atoms with E-state index in [2.05, 4.69) is 25.6 Å². The summed E-state index contributed by atoms with van der Waals surface area (Å²) in [5.74, 6) is 1.09. The first kappa shape index (κ1) is 19.5. The summed E-state index contributed by atoms with van der Waals surface area (Å²) in [5.41, 5.74) is 4.10. The van der Waals surface area contributed by atoms with Crippen LogP contribution >= 0.6 is 0 Å². The van der Waals surface area contributed by atoms with Crippen molar-refractivity contribution >= 4 is 34.2 Å². The fourth-order valence-corrected chi connectivity index (χ4v) is 3.06. The lowest BCUT2D eigenvalue weighted by molar-refractivity contribution is 0.194. The SMILES string of the molecule is COc1cc(Nc2ncc(C)c(Nc3ccc4oc(=O)[nH]c4c3)n2)ccc1C(C)O. The Morgan fingerprint density at radius 1 is 1.17 bits per heavy atom. The number of aromatic nitrogens is 3. The summed E-state index contributed by atoms with van der Waals surface area (Å²) in [5, 5.41) is 16.2. The van der Waals surface area contributed by atoms with Crippen LogP contribution < -0.4 is 21.1 Å². The molecule has 0 spiro atoms.